The number of thiazole rings is 1. The predicted molar refractivity (Wildman–Crippen MR) is 69.7 cm³/mol. The minimum absolute atomic E-state index is 0.00810. The third-order valence-electron chi connectivity index (χ3n) is 2.80. The number of aromatic nitrogens is 2. The second-order valence-electron chi connectivity index (χ2n) is 4.24. The molecule has 17 heavy (non-hydrogen) atoms. The molecule has 2 aromatic rings. The van der Waals surface area contributed by atoms with Gasteiger partial charge < -0.3 is 4.90 Å². The lowest BCUT2D eigenvalue weighted by Crippen LogP contribution is -2.27. The molecule has 0 spiro atoms. The number of hydrogen-bond acceptors (Lipinski definition) is 3. The largest absolute Gasteiger partial charge is 0.340 e. The number of carbonyl (C=O) groups excluding carboxylic acids is 1. The first kappa shape index (κ1) is 12.1. The molecule has 4 nitrogen and oxygen atoms in total. The summed E-state index contributed by atoms with van der Waals surface area (Å²) in [5.74, 6) is 0.00810. The van der Waals surface area contributed by atoms with Crippen LogP contribution in [0, 0.1) is 6.92 Å². The minimum atomic E-state index is 0.00810. The van der Waals surface area contributed by atoms with E-state index in [0.29, 0.717) is 5.69 Å². The van der Waals surface area contributed by atoms with Gasteiger partial charge in [0.25, 0.3) is 5.91 Å². The third-order valence-corrected chi connectivity index (χ3v) is 3.76. The van der Waals surface area contributed by atoms with Crippen molar-refractivity contribution < 1.29 is 4.79 Å². The standard InChI is InChI=1S/C12H17N3OS/c1-4-5-6-14(3)11(16)10-7-15-9(2)8-17-12(15)13-10/h7-8H,4-6H2,1-3H3. The van der Waals surface area contributed by atoms with Crippen LogP contribution in [0.25, 0.3) is 4.96 Å². The second-order valence-corrected chi connectivity index (χ2v) is 5.07. The monoisotopic (exact) mass is 251 g/mol. The number of aryl methyl sites for hydroxylation is 1. The average Bonchev–Trinajstić information content (AvgIpc) is 2.88. The van der Waals surface area contributed by atoms with Gasteiger partial charge in [0.05, 0.1) is 0 Å². The number of fused-ring (bicyclic) bond motifs is 1. The molecule has 0 saturated heterocycles. The highest BCUT2D eigenvalue weighted by atomic mass is 32.1. The van der Waals surface area contributed by atoms with Crippen LogP contribution in [0.15, 0.2) is 11.6 Å². The number of hydrogen-bond donors (Lipinski definition) is 0. The van der Waals surface area contributed by atoms with Gasteiger partial charge in [0.2, 0.25) is 0 Å². The topological polar surface area (TPSA) is 37.6 Å². The smallest absolute Gasteiger partial charge is 0.273 e. The molecule has 0 unspecified atom stereocenters. The van der Waals surface area contributed by atoms with Gasteiger partial charge in [-0.1, -0.05) is 13.3 Å². The summed E-state index contributed by atoms with van der Waals surface area (Å²) in [6.45, 7) is 4.92. The number of amides is 1. The normalized spacial score (nSPS) is 11.0. The van der Waals surface area contributed by atoms with E-state index < -0.39 is 0 Å². The van der Waals surface area contributed by atoms with Crippen molar-refractivity contribution in [2.45, 2.75) is 26.7 Å². The molecule has 0 aliphatic carbocycles. The summed E-state index contributed by atoms with van der Waals surface area (Å²) in [6.07, 6.45) is 3.95. The maximum atomic E-state index is 12.1. The van der Waals surface area contributed by atoms with Crippen LogP contribution in [0.2, 0.25) is 0 Å². The van der Waals surface area contributed by atoms with E-state index in [9.17, 15) is 4.79 Å². The molecule has 0 N–H and O–H groups in total. The predicted octanol–water partition coefficient (Wildman–Crippen LogP) is 2.58. The molecule has 92 valence electrons. The van der Waals surface area contributed by atoms with Gasteiger partial charge >= 0.3 is 0 Å². The average molecular weight is 251 g/mol. The second kappa shape index (κ2) is 4.87. The summed E-state index contributed by atoms with van der Waals surface area (Å²) in [6, 6.07) is 0. The molecule has 0 aromatic carbocycles. The van der Waals surface area contributed by atoms with Crippen LogP contribution in [0.3, 0.4) is 0 Å². The van der Waals surface area contributed by atoms with E-state index in [0.717, 1.165) is 30.0 Å². The molecule has 5 heteroatoms. The van der Waals surface area contributed by atoms with Gasteiger partial charge in [0, 0.05) is 30.9 Å². The lowest BCUT2D eigenvalue weighted by atomic mass is 10.3. The van der Waals surface area contributed by atoms with Crippen molar-refractivity contribution in [3.8, 4) is 0 Å². The first-order valence-corrected chi connectivity index (χ1v) is 6.70. The Labute approximate surface area is 105 Å². The fourth-order valence-corrected chi connectivity index (χ4v) is 2.54. The van der Waals surface area contributed by atoms with Crippen molar-refractivity contribution in [1.29, 1.82) is 0 Å². The van der Waals surface area contributed by atoms with Crippen molar-refractivity contribution >= 4 is 22.2 Å². The minimum Gasteiger partial charge on any atom is -0.340 e. The van der Waals surface area contributed by atoms with E-state index in [-0.39, 0.29) is 5.91 Å². The zero-order chi connectivity index (χ0) is 12.4. The van der Waals surface area contributed by atoms with E-state index in [1.807, 2.05) is 29.9 Å². The summed E-state index contributed by atoms with van der Waals surface area (Å²) < 4.78 is 1.96. The molecule has 0 atom stereocenters. The van der Waals surface area contributed by atoms with E-state index in [2.05, 4.69) is 11.9 Å². The Kier molecular flexibility index (Phi) is 3.47. The Bertz CT molecular complexity index is 529. The van der Waals surface area contributed by atoms with Crippen molar-refractivity contribution in [2.24, 2.45) is 0 Å². The van der Waals surface area contributed by atoms with Crippen LogP contribution >= 0.6 is 11.3 Å². The fourth-order valence-electron chi connectivity index (χ4n) is 1.69. The van der Waals surface area contributed by atoms with Gasteiger partial charge in [-0.15, -0.1) is 11.3 Å². The molecule has 2 heterocycles. The van der Waals surface area contributed by atoms with Crippen LogP contribution in [-0.2, 0) is 0 Å². The molecule has 2 aromatic heterocycles. The van der Waals surface area contributed by atoms with Gasteiger partial charge in [0.15, 0.2) is 4.96 Å². The lowest BCUT2D eigenvalue weighted by Gasteiger charge is -2.14. The number of imidazole rings is 1. The molecule has 1 amide bonds. The van der Waals surface area contributed by atoms with E-state index >= 15 is 0 Å². The SMILES string of the molecule is CCCCN(C)C(=O)c1cn2c(C)csc2n1. The summed E-state index contributed by atoms with van der Waals surface area (Å²) in [4.78, 5) is 19.1. The highest BCUT2D eigenvalue weighted by molar-refractivity contribution is 7.15. The maximum absolute atomic E-state index is 12.1. The van der Waals surface area contributed by atoms with Gasteiger partial charge in [-0.05, 0) is 13.3 Å². The Morgan fingerprint density at radius 3 is 3.00 bits per heavy atom. The van der Waals surface area contributed by atoms with Gasteiger partial charge in [-0.25, -0.2) is 4.98 Å². The summed E-state index contributed by atoms with van der Waals surface area (Å²) >= 11 is 1.56. The lowest BCUT2D eigenvalue weighted by molar-refractivity contribution is 0.0788. The summed E-state index contributed by atoms with van der Waals surface area (Å²) in [5, 5.41) is 2.04. The molecule has 2 rings (SSSR count). The van der Waals surface area contributed by atoms with E-state index in [1.165, 1.54) is 0 Å². The Hall–Kier alpha value is -1.36. The van der Waals surface area contributed by atoms with Gasteiger partial charge in [-0.3, -0.25) is 9.20 Å². The van der Waals surface area contributed by atoms with Crippen LogP contribution in [0.5, 0.6) is 0 Å². The van der Waals surface area contributed by atoms with Crippen LogP contribution in [-0.4, -0.2) is 33.8 Å². The molecule has 0 aliphatic rings. The Balaban J connectivity index is 2.18. The molecule has 0 radical (unpaired) electrons. The fraction of sp³-hybridized carbons (Fsp3) is 0.500. The van der Waals surface area contributed by atoms with E-state index in [1.54, 1.807) is 16.2 Å². The van der Waals surface area contributed by atoms with Crippen molar-refractivity contribution in [2.75, 3.05) is 13.6 Å². The highest BCUT2D eigenvalue weighted by Gasteiger charge is 2.16. The zero-order valence-electron chi connectivity index (χ0n) is 10.4. The first-order valence-electron chi connectivity index (χ1n) is 5.82. The molecule has 0 fully saturated rings. The van der Waals surface area contributed by atoms with Crippen LogP contribution in [0.1, 0.15) is 35.9 Å². The van der Waals surface area contributed by atoms with Crippen molar-refractivity contribution in [3.05, 3.63) is 23.0 Å². The number of nitrogens with zero attached hydrogens (tertiary/aromatic N) is 3. The molecule has 0 saturated carbocycles. The molecular formula is C12H17N3OS. The number of unbranched alkanes of at least 4 members (excludes halogenated alkanes) is 1. The number of carbonyl (C=O) groups is 1. The van der Waals surface area contributed by atoms with Crippen LogP contribution in [0.4, 0.5) is 0 Å². The Morgan fingerprint density at radius 2 is 2.35 bits per heavy atom. The number of rotatable bonds is 4. The molecule has 0 aliphatic heterocycles. The van der Waals surface area contributed by atoms with Crippen molar-refractivity contribution in [1.82, 2.24) is 14.3 Å². The van der Waals surface area contributed by atoms with Gasteiger partial charge in [-0.2, -0.15) is 0 Å². The van der Waals surface area contributed by atoms with Crippen molar-refractivity contribution in [3.63, 3.8) is 0 Å². The zero-order valence-corrected chi connectivity index (χ0v) is 11.3. The summed E-state index contributed by atoms with van der Waals surface area (Å²) in [5.41, 5.74) is 1.66. The third kappa shape index (κ3) is 2.34. The maximum Gasteiger partial charge on any atom is 0.273 e. The summed E-state index contributed by atoms with van der Waals surface area (Å²) in [7, 11) is 1.83. The Morgan fingerprint density at radius 1 is 1.59 bits per heavy atom. The highest BCUT2D eigenvalue weighted by Crippen LogP contribution is 2.16. The van der Waals surface area contributed by atoms with Gasteiger partial charge in [0.1, 0.15) is 5.69 Å². The van der Waals surface area contributed by atoms with Crippen LogP contribution < -0.4 is 0 Å². The quantitative estimate of drug-likeness (QED) is 0.837. The first-order chi connectivity index (χ1) is 8.13. The van der Waals surface area contributed by atoms with E-state index in [4.69, 9.17) is 0 Å². The molecule has 0 bridgehead atoms. The molecular weight excluding hydrogens is 234 g/mol.